The van der Waals surface area contributed by atoms with Gasteiger partial charge in [-0.2, -0.15) is 5.10 Å². The second kappa shape index (κ2) is 6.30. The number of hydrogen-bond donors (Lipinski definition) is 2. The van der Waals surface area contributed by atoms with Gasteiger partial charge in [0.2, 0.25) is 0 Å². The molecule has 0 bridgehead atoms. The van der Waals surface area contributed by atoms with Crippen LogP contribution in [0.2, 0.25) is 0 Å². The summed E-state index contributed by atoms with van der Waals surface area (Å²) in [5, 5.41) is 7.09. The zero-order valence-corrected chi connectivity index (χ0v) is 12.5. The van der Waals surface area contributed by atoms with E-state index >= 15 is 0 Å². The van der Waals surface area contributed by atoms with Crippen molar-refractivity contribution < 1.29 is 9.53 Å². The van der Waals surface area contributed by atoms with Gasteiger partial charge in [0, 0.05) is 13.6 Å². The molecular weight excluding hydrogens is 268 g/mol. The van der Waals surface area contributed by atoms with Crippen LogP contribution in [0.1, 0.15) is 28.7 Å². The minimum Gasteiger partial charge on any atom is -0.497 e. The summed E-state index contributed by atoms with van der Waals surface area (Å²) in [4.78, 5) is 12.3. The molecule has 1 aromatic carbocycles. The minimum atomic E-state index is -0.231. The standard InChI is InChI=1S/C15H20N4O2/c1-4-12-13(16)14(19(2)18-12)15(20)17-9-10-6-5-7-11(8-10)21-3/h5-8H,4,9,16H2,1-3H3,(H,17,20). The third kappa shape index (κ3) is 3.16. The van der Waals surface area contributed by atoms with Crippen molar-refractivity contribution in [2.45, 2.75) is 19.9 Å². The molecule has 0 saturated carbocycles. The molecule has 6 heteroatoms. The number of benzene rings is 1. The van der Waals surface area contributed by atoms with Crippen molar-refractivity contribution in [3.63, 3.8) is 0 Å². The molecule has 2 rings (SSSR count). The Balaban J connectivity index is 2.10. The monoisotopic (exact) mass is 288 g/mol. The molecule has 1 heterocycles. The molecule has 1 aromatic heterocycles. The molecular formula is C15H20N4O2. The SMILES string of the molecule is CCc1nn(C)c(C(=O)NCc2cccc(OC)c2)c1N. The Bertz CT molecular complexity index is 649. The maximum absolute atomic E-state index is 12.3. The largest absolute Gasteiger partial charge is 0.497 e. The van der Waals surface area contributed by atoms with E-state index in [1.165, 1.54) is 4.68 Å². The topological polar surface area (TPSA) is 82.2 Å². The molecule has 3 N–H and O–H groups in total. The number of nitrogen functional groups attached to an aromatic ring is 1. The molecule has 2 aromatic rings. The van der Waals surface area contributed by atoms with Gasteiger partial charge in [-0.1, -0.05) is 19.1 Å². The number of anilines is 1. The van der Waals surface area contributed by atoms with Gasteiger partial charge in [-0.25, -0.2) is 0 Å². The summed E-state index contributed by atoms with van der Waals surface area (Å²) in [5.74, 6) is 0.528. The Morgan fingerprint density at radius 3 is 2.86 bits per heavy atom. The normalized spacial score (nSPS) is 10.4. The number of amides is 1. The summed E-state index contributed by atoms with van der Waals surface area (Å²) in [5.41, 5.74) is 8.51. The lowest BCUT2D eigenvalue weighted by Gasteiger charge is -2.07. The maximum atomic E-state index is 12.3. The summed E-state index contributed by atoms with van der Waals surface area (Å²) in [6, 6.07) is 7.54. The van der Waals surface area contributed by atoms with E-state index in [0.717, 1.165) is 17.0 Å². The number of hydrogen-bond acceptors (Lipinski definition) is 4. The van der Waals surface area contributed by atoms with Crippen LogP contribution in [0.3, 0.4) is 0 Å². The van der Waals surface area contributed by atoms with Crippen molar-refractivity contribution in [2.75, 3.05) is 12.8 Å². The molecule has 21 heavy (non-hydrogen) atoms. The average Bonchev–Trinajstić information content (AvgIpc) is 2.79. The zero-order chi connectivity index (χ0) is 15.4. The highest BCUT2D eigenvalue weighted by atomic mass is 16.5. The Labute approximate surface area is 123 Å². The van der Waals surface area contributed by atoms with Crippen molar-refractivity contribution in [3.05, 3.63) is 41.2 Å². The van der Waals surface area contributed by atoms with Crippen LogP contribution in [0, 0.1) is 0 Å². The number of nitrogens with zero attached hydrogens (tertiary/aromatic N) is 2. The van der Waals surface area contributed by atoms with Gasteiger partial charge in [0.25, 0.3) is 5.91 Å². The van der Waals surface area contributed by atoms with E-state index in [1.54, 1.807) is 14.2 Å². The highest BCUT2D eigenvalue weighted by Gasteiger charge is 2.18. The van der Waals surface area contributed by atoms with Crippen LogP contribution in [-0.2, 0) is 20.0 Å². The maximum Gasteiger partial charge on any atom is 0.271 e. The van der Waals surface area contributed by atoms with E-state index in [2.05, 4.69) is 10.4 Å². The molecule has 1 amide bonds. The third-order valence-electron chi connectivity index (χ3n) is 3.30. The van der Waals surface area contributed by atoms with E-state index in [4.69, 9.17) is 10.5 Å². The van der Waals surface area contributed by atoms with Crippen LogP contribution < -0.4 is 15.8 Å². The van der Waals surface area contributed by atoms with Crippen LogP contribution in [0.25, 0.3) is 0 Å². The predicted octanol–water partition coefficient (Wildman–Crippen LogP) is 1.50. The lowest BCUT2D eigenvalue weighted by atomic mass is 10.2. The number of nitrogens with two attached hydrogens (primary N) is 1. The molecule has 0 aliphatic rings. The Kier molecular flexibility index (Phi) is 4.47. The molecule has 0 spiro atoms. The predicted molar refractivity (Wildman–Crippen MR) is 81.2 cm³/mol. The van der Waals surface area contributed by atoms with Crippen LogP contribution in [-0.4, -0.2) is 22.8 Å². The Morgan fingerprint density at radius 1 is 1.48 bits per heavy atom. The summed E-state index contributed by atoms with van der Waals surface area (Å²) in [6.07, 6.45) is 0.697. The molecule has 0 aliphatic heterocycles. The van der Waals surface area contributed by atoms with Gasteiger partial charge < -0.3 is 15.8 Å². The van der Waals surface area contributed by atoms with Crippen LogP contribution in [0.15, 0.2) is 24.3 Å². The average molecular weight is 288 g/mol. The molecule has 0 radical (unpaired) electrons. The van der Waals surface area contributed by atoms with Gasteiger partial charge >= 0.3 is 0 Å². The second-order valence-electron chi connectivity index (χ2n) is 4.72. The van der Waals surface area contributed by atoms with Gasteiger partial charge in [-0.3, -0.25) is 9.48 Å². The molecule has 0 fully saturated rings. The number of aromatic nitrogens is 2. The van der Waals surface area contributed by atoms with E-state index in [0.29, 0.717) is 24.3 Å². The number of carbonyl (C=O) groups is 1. The smallest absolute Gasteiger partial charge is 0.271 e. The first-order valence-corrected chi connectivity index (χ1v) is 6.79. The quantitative estimate of drug-likeness (QED) is 0.873. The van der Waals surface area contributed by atoms with Crippen molar-refractivity contribution in [1.29, 1.82) is 0 Å². The fraction of sp³-hybridized carbons (Fsp3) is 0.333. The number of nitrogens with one attached hydrogen (secondary N) is 1. The minimum absolute atomic E-state index is 0.231. The fourth-order valence-corrected chi connectivity index (χ4v) is 2.17. The summed E-state index contributed by atoms with van der Waals surface area (Å²) >= 11 is 0. The number of rotatable bonds is 5. The van der Waals surface area contributed by atoms with Crippen LogP contribution >= 0.6 is 0 Å². The first kappa shape index (κ1) is 14.9. The van der Waals surface area contributed by atoms with Gasteiger partial charge in [0.05, 0.1) is 18.5 Å². The van der Waals surface area contributed by atoms with Crippen molar-refractivity contribution in [2.24, 2.45) is 7.05 Å². The first-order chi connectivity index (χ1) is 10.1. The van der Waals surface area contributed by atoms with E-state index in [9.17, 15) is 4.79 Å². The van der Waals surface area contributed by atoms with E-state index in [1.807, 2.05) is 31.2 Å². The van der Waals surface area contributed by atoms with Gasteiger partial charge in [0.1, 0.15) is 11.4 Å². The highest BCUT2D eigenvalue weighted by Crippen LogP contribution is 2.17. The Morgan fingerprint density at radius 2 is 2.24 bits per heavy atom. The first-order valence-electron chi connectivity index (χ1n) is 6.79. The summed E-state index contributed by atoms with van der Waals surface area (Å²) in [7, 11) is 3.33. The lowest BCUT2D eigenvalue weighted by Crippen LogP contribution is -2.26. The van der Waals surface area contributed by atoms with Gasteiger partial charge in [-0.15, -0.1) is 0 Å². The van der Waals surface area contributed by atoms with Crippen LogP contribution in [0.4, 0.5) is 5.69 Å². The fourth-order valence-electron chi connectivity index (χ4n) is 2.17. The molecule has 0 unspecified atom stereocenters. The summed E-state index contributed by atoms with van der Waals surface area (Å²) in [6.45, 7) is 2.36. The molecule has 0 atom stereocenters. The second-order valence-corrected chi connectivity index (χ2v) is 4.72. The molecule has 6 nitrogen and oxygen atoms in total. The number of methoxy groups -OCH3 is 1. The summed E-state index contributed by atoms with van der Waals surface area (Å²) < 4.78 is 6.68. The van der Waals surface area contributed by atoms with Crippen molar-refractivity contribution >= 4 is 11.6 Å². The van der Waals surface area contributed by atoms with Gasteiger partial charge in [-0.05, 0) is 24.1 Å². The van der Waals surface area contributed by atoms with Crippen molar-refractivity contribution in [1.82, 2.24) is 15.1 Å². The lowest BCUT2D eigenvalue weighted by molar-refractivity contribution is 0.0942. The Hall–Kier alpha value is -2.50. The molecule has 112 valence electrons. The molecule has 0 aliphatic carbocycles. The van der Waals surface area contributed by atoms with Crippen LogP contribution in [0.5, 0.6) is 5.75 Å². The number of aryl methyl sites for hydroxylation is 2. The van der Waals surface area contributed by atoms with E-state index in [-0.39, 0.29) is 5.91 Å². The van der Waals surface area contributed by atoms with Crippen molar-refractivity contribution in [3.8, 4) is 5.75 Å². The third-order valence-corrected chi connectivity index (χ3v) is 3.30. The molecule has 0 saturated heterocycles. The van der Waals surface area contributed by atoms with E-state index < -0.39 is 0 Å². The zero-order valence-electron chi connectivity index (χ0n) is 12.5. The highest BCUT2D eigenvalue weighted by molar-refractivity contribution is 5.97. The number of carbonyl (C=O) groups excluding carboxylic acids is 1. The number of ether oxygens (including phenoxy) is 1. The van der Waals surface area contributed by atoms with Gasteiger partial charge in [0.15, 0.2) is 0 Å².